The Morgan fingerprint density at radius 3 is 2.41 bits per heavy atom. The van der Waals surface area contributed by atoms with Crippen LogP contribution in [-0.2, 0) is 0 Å². The first-order valence-electron chi connectivity index (χ1n) is 10.0. The van der Waals surface area contributed by atoms with Gasteiger partial charge in [0.05, 0.1) is 5.69 Å². The molecule has 2 saturated heterocycles. The molecule has 29 heavy (non-hydrogen) atoms. The molecule has 2 atom stereocenters. The zero-order valence-corrected chi connectivity index (χ0v) is 16.5. The quantitative estimate of drug-likeness (QED) is 0.711. The number of rotatable bonds is 4. The molecular weight excluding hydrogens is 362 g/mol. The number of fused-ring (bicyclic) bond motifs is 2. The molecule has 0 saturated carbocycles. The first kappa shape index (κ1) is 17.9. The topological polar surface area (TPSA) is 83.2 Å². The summed E-state index contributed by atoms with van der Waals surface area (Å²) in [5.74, 6) is 1.05. The van der Waals surface area contributed by atoms with Crippen LogP contribution < -0.4 is 16.0 Å². The number of nitrogens with two attached hydrogens (primary N) is 1. The molecule has 1 aromatic carbocycles. The van der Waals surface area contributed by atoms with E-state index >= 15 is 0 Å². The van der Waals surface area contributed by atoms with Gasteiger partial charge in [-0.25, -0.2) is 15.0 Å². The zero-order valence-electron chi connectivity index (χ0n) is 16.5. The summed E-state index contributed by atoms with van der Waals surface area (Å²) in [7, 11) is 2.27. The lowest BCUT2D eigenvalue weighted by molar-refractivity contribution is 0.212. The van der Waals surface area contributed by atoms with Crippen LogP contribution in [0.3, 0.4) is 0 Å². The molecule has 2 fully saturated rings. The Balaban J connectivity index is 1.29. The third-order valence-electron chi connectivity index (χ3n) is 6.07. The average Bonchev–Trinajstić information content (AvgIpc) is 2.95. The highest BCUT2D eigenvalue weighted by molar-refractivity contribution is 5.63. The van der Waals surface area contributed by atoms with Gasteiger partial charge in [0.25, 0.3) is 0 Å². The molecule has 2 aliphatic heterocycles. The van der Waals surface area contributed by atoms with Crippen molar-refractivity contribution in [2.24, 2.45) is 0 Å². The van der Waals surface area contributed by atoms with Crippen molar-refractivity contribution in [1.29, 1.82) is 0 Å². The summed E-state index contributed by atoms with van der Waals surface area (Å²) in [4.78, 5) is 18.1. The van der Waals surface area contributed by atoms with Crippen molar-refractivity contribution in [2.75, 3.05) is 36.1 Å². The summed E-state index contributed by atoms with van der Waals surface area (Å²) in [5.41, 5.74) is 9.63. The van der Waals surface area contributed by atoms with Crippen LogP contribution in [0.1, 0.15) is 12.8 Å². The van der Waals surface area contributed by atoms with Crippen LogP contribution in [-0.4, -0.2) is 52.1 Å². The molecule has 4 heterocycles. The molecule has 5 rings (SSSR count). The molecule has 7 nitrogen and oxygen atoms in total. The van der Waals surface area contributed by atoms with Crippen LogP contribution >= 0.6 is 0 Å². The van der Waals surface area contributed by atoms with E-state index in [0.29, 0.717) is 23.8 Å². The molecule has 0 amide bonds. The molecule has 0 radical (unpaired) electrons. The summed E-state index contributed by atoms with van der Waals surface area (Å²) < 4.78 is 0. The van der Waals surface area contributed by atoms with Crippen molar-refractivity contribution in [2.45, 2.75) is 24.9 Å². The van der Waals surface area contributed by atoms with E-state index in [2.05, 4.69) is 61.4 Å². The second kappa shape index (κ2) is 7.33. The lowest BCUT2D eigenvalue weighted by Crippen LogP contribution is -2.51. The molecule has 0 spiro atoms. The highest BCUT2D eigenvalue weighted by atomic mass is 15.3. The van der Waals surface area contributed by atoms with Gasteiger partial charge in [-0.3, -0.25) is 4.90 Å². The minimum atomic E-state index is 0.495. The van der Waals surface area contributed by atoms with Gasteiger partial charge in [-0.2, -0.15) is 0 Å². The predicted octanol–water partition coefficient (Wildman–Crippen LogP) is 3.15. The summed E-state index contributed by atoms with van der Waals surface area (Å²) in [6.07, 6.45) is 6.10. The summed E-state index contributed by atoms with van der Waals surface area (Å²) in [5, 5.41) is 3.30. The van der Waals surface area contributed by atoms with Gasteiger partial charge in [-0.15, -0.1) is 0 Å². The molecule has 3 N–H and O–H groups in total. The fraction of sp³-hybridized carbons (Fsp3) is 0.318. The lowest BCUT2D eigenvalue weighted by atomic mass is 10.1. The lowest BCUT2D eigenvalue weighted by Gasteiger charge is -2.40. The number of benzene rings is 1. The van der Waals surface area contributed by atoms with E-state index < -0.39 is 0 Å². The van der Waals surface area contributed by atoms with Crippen molar-refractivity contribution in [3.05, 3.63) is 54.9 Å². The molecular formula is C22H25N7. The Morgan fingerprint density at radius 1 is 0.966 bits per heavy atom. The normalized spacial score (nSPS) is 21.3. The number of likely N-dealkylation sites (N-methyl/N-ethyl adjacent to an activating group) is 1. The maximum atomic E-state index is 5.67. The number of hydrogen-bond donors (Lipinski definition) is 2. The minimum absolute atomic E-state index is 0.495. The molecule has 2 aliphatic rings. The van der Waals surface area contributed by atoms with Gasteiger partial charge < -0.3 is 16.0 Å². The van der Waals surface area contributed by atoms with Gasteiger partial charge in [0.15, 0.2) is 0 Å². The van der Waals surface area contributed by atoms with Crippen LogP contribution in [0.4, 0.5) is 23.1 Å². The van der Waals surface area contributed by atoms with Gasteiger partial charge in [0, 0.05) is 54.5 Å². The van der Waals surface area contributed by atoms with Crippen molar-refractivity contribution in [3.63, 3.8) is 0 Å². The highest BCUT2D eigenvalue weighted by Crippen LogP contribution is 2.31. The van der Waals surface area contributed by atoms with Crippen molar-refractivity contribution in [1.82, 2.24) is 19.9 Å². The second-order valence-corrected chi connectivity index (χ2v) is 7.86. The molecule has 2 bridgehead atoms. The van der Waals surface area contributed by atoms with Crippen LogP contribution in [0.2, 0.25) is 0 Å². The minimum Gasteiger partial charge on any atom is -0.384 e. The number of aromatic nitrogens is 3. The van der Waals surface area contributed by atoms with Crippen LogP contribution in [0.25, 0.3) is 11.3 Å². The van der Waals surface area contributed by atoms with Crippen molar-refractivity contribution >= 4 is 23.1 Å². The van der Waals surface area contributed by atoms with Gasteiger partial charge in [-0.05, 0) is 62.4 Å². The van der Waals surface area contributed by atoms with E-state index in [4.69, 9.17) is 5.73 Å². The Bertz CT molecular complexity index is 973. The van der Waals surface area contributed by atoms with Crippen LogP contribution in [0, 0.1) is 0 Å². The average molecular weight is 387 g/mol. The summed E-state index contributed by atoms with van der Waals surface area (Å²) in [6, 6.07) is 15.5. The molecule has 2 unspecified atom stereocenters. The number of nitrogen functional groups attached to an aromatic ring is 1. The maximum absolute atomic E-state index is 5.67. The van der Waals surface area contributed by atoms with Gasteiger partial charge in [0.1, 0.15) is 5.82 Å². The van der Waals surface area contributed by atoms with Crippen LogP contribution in [0.5, 0.6) is 0 Å². The van der Waals surface area contributed by atoms with Gasteiger partial charge in [-0.1, -0.05) is 0 Å². The van der Waals surface area contributed by atoms with E-state index in [1.165, 1.54) is 18.5 Å². The zero-order chi connectivity index (χ0) is 19.8. The number of hydrogen-bond acceptors (Lipinski definition) is 7. The number of nitrogens with zero attached hydrogens (tertiary/aromatic N) is 5. The predicted molar refractivity (Wildman–Crippen MR) is 116 cm³/mol. The Kier molecular flexibility index (Phi) is 4.52. The Hall–Kier alpha value is -3.19. The fourth-order valence-corrected chi connectivity index (χ4v) is 4.35. The summed E-state index contributed by atoms with van der Waals surface area (Å²) in [6.45, 7) is 2.22. The SMILES string of the molecule is CN1C2CCC1CN(c1ccc(Nc3nccc(-c4ccc(N)nc4)n3)cc1)C2. The van der Waals surface area contributed by atoms with E-state index in [9.17, 15) is 0 Å². The van der Waals surface area contributed by atoms with Crippen molar-refractivity contribution < 1.29 is 0 Å². The smallest absolute Gasteiger partial charge is 0.227 e. The third-order valence-corrected chi connectivity index (χ3v) is 6.07. The molecule has 2 aromatic heterocycles. The van der Waals surface area contributed by atoms with Gasteiger partial charge >= 0.3 is 0 Å². The second-order valence-electron chi connectivity index (χ2n) is 7.86. The van der Waals surface area contributed by atoms with E-state index in [-0.39, 0.29) is 0 Å². The molecule has 148 valence electrons. The Labute approximate surface area is 170 Å². The first-order chi connectivity index (χ1) is 14.2. The largest absolute Gasteiger partial charge is 0.384 e. The van der Waals surface area contributed by atoms with E-state index in [1.54, 1.807) is 18.5 Å². The third kappa shape index (κ3) is 3.61. The Morgan fingerprint density at radius 2 is 1.72 bits per heavy atom. The van der Waals surface area contributed by atoms with Crippen molar-refractivity contribution in [3.8, 4) is 11.3 Å². The number of nitrogens with one attached hydrogen (secondary N) is 1. The number of pyridine rings is 1. The van der Waals surface area contributed by atoms with E-state index in [0.717, 1.165) is 30.0 Å². The monoisotopic (exact) mass is 387 g/mol. The van der Waals surface area contributed by atoms with E-state index in [1.807, 2.05) is 12.1 Å². The highest BCUT2D eigenvalue weighted by Gasteiger charge is 2.37. The number of piperazine rings is 1. The number of anilines is 4. The molecule has 3 aromatic rings. The van der Waals surface area contributed by atoms with Crippen LogP contribution in [0.15, 0.2) is 54.9 Å². The maximum Gasteiger partial charge on any atom is 0.227 e. The molecule has 0 aliphatic carbocycles. The van der Waals surface area contributed by atoms with Gasteiger partial charge in [0.2, 0.25) is 5.95 Å². The summed E-state index contributed by atoms with van der Waals surface area (Å²) >= 11 is 0. The fourth-order valence-electron chi connectivity index (χ4n) is 4.35. The molecule has 7 heteroatoms. The first-order valence-corrected chi connectivity index (χ1v) is 10.0. The standard InChI is InChI=1S/C22H25N7/c1-28-18-7-8-19(28)14-29(13-18)17-5-3-16(4-6-17)26-22-24-11-10-20(27-22)15-2-9-21(23)25-12-15/h2-6,9-12,18-19H,7-8,13-14H2,1H3,(H2,23,25)(H,24,26,27).